The number of nitrogens with one attached hydrogen (secondary N) is 1. The van der Waals surface area contributed by atoms with Gasteiger partial charge in [-0.05, 0) is 50.6 Å². The van der Waals surface area contributed by atoms with Crippen LogP contribution in [-0.2, 0) is 6.42 Å². The summed E-state index contributed by atoms with van der Waals surface area (Å²) in [6.07, 6.45) is 0.944. The van der Waals surface area contributed by atoms with Crippen LogP contribution in [0.15, 0.2) is 30.3 Å². The van der Waals surface area contributed by atoms with Crippen LogP contribution in [0.25, 0.3) is 0 Å². The number of methoxy groups -OCH3 is 1. The molecule has 0 bridgehead atoms. The fourth-order valence-corrected chi connectivity index (χ4v) is 3.36. The number of thiophene rings is 1. The molecule has 1 N–H and O–H groups in total. The molecule has 1 unspecified atom stereocenters. The molecule has 1 atom stereocenters. The maximum atomic E-state index is 5.43. The number of ether oxygens (including phenoxy) is 1. The first kappa shape index (κ1) is 14.1. The van der Waals surface area contributed by atoms with Crippen LogP contribution in [-0.4, -0.2) is 14.2 Å². The molecule has 0 saturated carbocycles. The van der Waals surface area contributed by atoms with Crippen molar-refractivity contribution in [3.8, 4) is 5.75 Å². The van der Waals surface area contributed by atoms with Crippen molar-refractivity contribution in [2.75, 3.05) is 14.2 Å². The second-order valence-electron chi connectivity index (χ2n) is 4.75. The lowest BCUT2D eigenvalue weighted by Gasteiger charge is -2.16. The third kappa shape index (κ3) is 3.17. The second-order valence-corrected chi connectivity index (χ2v) is 6.03. The highest BCUT2D eigenvalue weighted by Crippen LogP contribution is 2.30. The predicted molar refractivity (Wildman–Crippen MR) is 82.3 cm³/mol. The number of rotatable bonds is 5. The van der Waals surface area contributed by atoms with Gasteiger partial charge in [0.05, 0.1) is 7.11 Å². The smallest absolute Gasteiger partial charge is 0.122 e. The molecule has 0 amide bonds. The topological polar surface area (TPSA) is 21.3 Å². The van der Waals surface area contributed by atoms with Gasteiger partial charge < -0.3 is 10.1 Å². The number of hydrogen-bond acceptors (Lipinski definition) is 3. The van der Waals surface area contributed by atoms with Crippen LogP contribution in [0.2, 0.25) is 0 Å². The zero-order valence-corrected chi connectivity index (χ0v) is 12.8. The van der Waals surface area contributed by atoms with E-state index in [1.807, 2.05) is 30.5 Å². The molecule has 2 nitrogen and oxygen atoms in total. The molecule has 0 spiro atoms. The molecule has 19 heavy (non-hydrogen) atoms. The van der Waals surface area contributed by atoms with Crippen LogP contribution in [0.5, 0.6) is 5.75 Å². The minimum Gasteiger partial charge on any atom is -0.496 e. The van der Waals surface area contributed by atoms with Crippen LogP contribution in [0.3, 0.4) is 0 Å². The Hall–Kier alpha value is -1.32. The number of likely N-dealkylation sites (N-methyl/N-ethyl adjacent to an activating group) is 1. The summed E-state index contributed by atoms with van der Waals surface area (Å²) in [5.41, 5.74) is 2.62. The minimum atomic E-state index is 0.341. The van der Waals surface area contributed by atoms with Crippen molar-refractivity contribution >= 4 is 11.3 Å². The lowest BCUT2D eigenvalue weighted by Crippen LogP contribution is -2.18. The van der Waals surface area contributed by atoms with E-state index in [0.717, 1.165) is 12.2 Å². The maximum absolute atomic E-state index is 5.43. The lowest BCUT2D eigenvalue weighted by molar-refractivity contribution is 0.406. The van der Waals surface area contributed by atoms with Gasteiger partial charge in [0.15, 0.2) is 0 Å². The van der Waals surface area contributed by atoms with E-state index in [4.69, 9.17) is 4.74 Å². The Morgan fingerprint density at radius 1 is 1.26 bits per heavy atom. The van der Waals surface area contributed by atoms with Crippen molar-refractivity contribution in [2.45, 2.75) is 26.3 Å². The van der Waals surface area contributed by atoms with Crippen LogP contribution >= 0.6 is 11.3 Å². The quantitative estimate of drug-likeness (QED) is 0.894. The summed E-state index contributed by atoms with van der Waals surface area (Å²) in [6, 6.07) is 10.9. The predicted octanol–water partition coefficient (Wildman–Crippen LogP) is 3.88. The van der Waals surface area contributed by atoms with Crippen LogP contribution in [0, 0.1) is 13.8 Å². The van der Waals surface area contributed by atoms with Crippen LogP contribution in [0.4, 0.5) is 0 Å². The third-order valence-electron chi connectivity index (χ3n) is 3.49. The summed E-state index contributed by atoms with van der Waals surface area (Å²) < 4.78 is 5.43. The fraction of sp³-hybridized carbons (Fsp3) is 0.375. The van der Waals surface area contributed by atoms with Gasteiger partial charge in [-0.15, -0.1) is 11.3 Å². The Morgan fingerprint density at radius 2 is 2.00 bits per heavy atom. The highest BCUT2D eigenvalue weighted by Gasteiger charge is 2.15. The average molecular weight is 275 g/mol. The lowest BCUT2D eigenvalue weighted by atomic mass is 10.0. The van der Waals surface area contributed by atoms with Crippen molar-refractivity contribution in [3.63, 3.8) is 0 Å². The number of para-hydroxylation sites is 1. The molecule has 1 aromatic carbocycles. The van der Waals surface area contributed by atoms with Crippen LogP contribution < -0.4 is 10.1 Å². The molecule has 0 fully saturated rings. The first-order chi connectivity index (χ1) is 9.15. The molecule has 0 aliphatic carbocycles. The van der Waals surface area contributed by atoms with E-state index in [2.05, 4.69) is 37.4 Å². The van der Waals surface area contributed by atoms with E-state index in [1.165, 1.54) is 20.9 Å². The number of aryl methyl sites for hydroxylation is 2. The highest BCUT2D eigenvalue weighted by molar-refractivity contribution is 7.12. The van der Waals surface area contributed by atoms with E-state index in [-0.39, 0.29) is 0 Å². The molecule has 0 radical (unpaired) electrons. The number of hydrogen-bond donors (Lipinski definition) is 1. The Bertz CT molecular complexity index is 528. The van der Waals surface area contributed by atoms with Gasteiger partial charge in [0, 0.05) is 15.8 Å². The average Bonchev–Trinajstić information content (AvgIpc) is 2.76. The van der Waals surface area contributed by atoms with Crippen molar-refractivity contribution in [2.24, 2.45) is 0 Å². The zero-order chi connectivity index (χ0) is 13.8. The molecule has 0 aliphatic heterocycles. The zero-order valence-electron chi connectivity index (χ0n) is 12.0. The molecule has 3 heteroatoms. The van der Waals surface area contributed by atoms with E-state index in [9.17, 15) is 0 Å². The summed E-state index contributed by atoms with van der Waals surface area (Å²) >= 11 is 1.88. The van der Waals surface area contributed by atoms with Gasteiger partial charge in [0.1, 0.15) is 5.75 Å². The Labute approximate surface area is 119 Å². The highest BCUT2D eigenvalue weighted by atomic mass is 32.1. The Morgan fingerprint density at radius 3 is 2.58 bits per heavy atom. The fourth-order valence-electron chi connectivity index (χ4n) is 2.21. The maximum Gasteiger partial charge on any atom is 0.122 e. The molecule has 0 saturated heterocycles. The first-order valence-electron chi connectivity index (χ1n) is 6.51. The van der Waals surface area contributed by atoms with Gasteiger partial charge in [0.2, 0.25) is 0 Å². The molecule has 2 aromatic rings. The summed E-state index contributed by atoms with van der Waals surface area (Å²) in [4.78, 5) is 2.79. The summed E-state index contributed by atoms with van der Waals surface area (Å²) in [5, 5.41) is 3.41. The van der Waals surface area contributed by atoms with Crippen molar-refractivity contribution in [1.82, 2.24) is 5.32 Å². The van der Waals surface area contributed by atoms with Gasteiger partial charge in [-0.2, -0.15) is 0 Å². The molecule has 1 aromatic heterocycles. The number of benzene rings is 1. The molecule has 2 rings (SSSR count). The molecular weight excluding hydrogens is 254 g/mol. The molecule has 0 aliphatic rings. The van der Waals surface area contributed by atoms with Gasteiger partial charge in [0.25, 0.3) is 0 Å². The molecular formula is C16H21NOS. The SMILES string of the molecule is CNC(Cc1ccccc1OC)c1cc(C)c(C)s1. The normalized spacial score (nSPS) is 12.4. The van der Waals surface area contributed by atoms with E-state index >= 15 is 0 Å². The van der Waals surface area contributed by atoms with E-state index < -0.39 is 0 Å². The Balaban J connectivity index is 2.23. The van der Waals surface area contributed by atoms with Crippen molar-refractivity contribution < 1.29 is 4.74 Å². The van der Waals surface area contributed by atoms with E-state index in [1.54, 1.807) is 7.11 Å². The monoisotopic (exact) mass is 275 g/mol. The van der Waals surface area contributed by atoms with Gasteiger partial charge in [-0.25, -0.2) is 0 Å². The summed E-state index contributed by atoms with van der Waals surface area (Å²) in [7, 11) is 3.75. The first-order valence-corrected chi connectivity index (χ1v) is 7.33. The summed E-state index contributed by atoms with van der Waals surface area (Å²) in [6.45, 7) is 4.35. The largest absolute Gasteiger partial charge is 0.496 e. The van der Waals surface area contributed by atoms with Gasteiger partial charge in [-0.1, -0.05) is 18.2 Å². The Kier molecular flexibility index (Phi) is 4.61. The minimum absolute atomic E-state index is 0.341. The van der Waals surface area contributed by atoms with Crippen LogP contribution in [0.1, 0.15) is 26.9 Å². The molecule has 1 heterocycles. The molecule has 102 valence electrons. The van der Waals surface area contributed by atoms with Crippen molar-refractivity contribution in [3.05, 3.63) is 51.2 Å². The van der Waals surface area contributed by atoms with Gasteiger partial charge in [-0.3, -0.25) is 0 Å². The van der Waals surface area contributed by atoms with Crippen molar-refractivity contribution in [1.29, 1.82) is 0 Å². The second kappa shape index (κ2) is 6.22. The standard InChI is InChI=1S/C16H21NOS/c1-11-9-16(19-12(11)2)14(17-3)10-13-7-5-6-8-15(13)18-4/h5-9,14,17H,10H2,1-4H3. The van der Waals surface area contributed by atoms with E-state index in [0.29, 0.717) is 6.04 Å². The third-order valence-corrected chi connectivity index (χ3v) is 4.76. The van der Waals surface area contributed by atoms with Gasteiger partial charge >= 0.3 is 0 Å². The summed E-state index contributed by atoms with van der Waals surface area (Å²) in [5.74, 6) is 0.966.